The Labute approximate surface area is 178 Å². The quantitative estimate of drug-likeness (QED) is 0.249. The summed E-state index contributed by atoms with van der Waals surface area (Å²) in [5.74, 6) is -0.738. The number of ether oxygens (including phenoxy) is 1. The molecule has 0 amide bonds. The Morgan fingerprint density at radius 2 is 2.25 bits per heavy atom. The second-order valence-corrected chi connectivity index (χ2v) is 9.37. The number of carboxylic acid groups (broad SMARTS) is 1. The van der Waals surface area contributed by atoms with E-state index >= 15 is 0 Å². The predicted molar refractivity (Wildman–Crippen MR) is 114 cm³/mol. The summed E-state index contributed by atoms with van der Waals surface area (Å²) in [6.45, 7) is 2.07. The van der Waals surface area contributed by atoms with Gasteiger partial charge in [-0.1, -0.05) is 12.2 Å². The third-order valence-corrected chi connectivity index (χ3v) is 7.06. The van der Waals surface area contributed by atoms with Crippen molar-refractivity contribution in [3.63, 3.8) is 0 Å². The molecule has 0 saturated heterocycles. The van der Waals surface area contributed by atoms with Gasteiger partial charge in [-0.15, -0.1) is 11.3 Å². The van der Waals surface area contributed by atoms with Crippen LogP contribution in [0.3, 0.4) is 0 Å². The summed E-state index contributed by atoms with van der Waals surface area (Å²) in [5.41, 5.74) is 0. The van der Waals surface area contributed by atoms with Gasteiger partial charge in [-0.25, -0.2) is 0 Å². The Kier molecular flexibility index (Phi) is 9.71. The number of halogens is 1. The number of aliphatic hydroxyl groups excluding tert-OH is 2. The topological polar surface area (TPSA) is 87.0 Å². The molecule has 2 rings (SSSR count). The average Bonchev–Trinajstić information content (AvgIpc) is 3.16. The smallest absolute Gasteiger partial charge is 0.303 e. The summed E-state index contributed by atoms with van der Waals surface area (Å²) in [4.78, 5) is 13.0. The zero-order valence-corrected chi connectivity index (χ0v) is 18.5. The first-order valence-electron chi connectivity index (χ1n) is 9.68. The van der Waals surface area contributed by atoms with Gasteiger partial charge >= 0.3 is 5.97 Å². The van der Waals surface area contributed by atoms with E-state index < -0.39 is 18.2 Å². The van der Waals surface area contributed by atoms with Crippen molar-refractivity contribution in [3.8, 4) is 0 Å². The van der Waals surface area contributed by atoms with Gasteiger partial charge in [-0.3, -0.25) is 4.79 Å². The van der Waals surface area contributed by atoms with Crippen LogP contribution in [0.15, 0.2) is 35.0 Å². The van der Waals surface area contributed by atoms with Gasteiger partial charge in [0.15, 0.2) is 0 Å². The number of aliphatic hydroxyl groups is 2. The molecule has 4 atom stereocenters. The molecule has 0 radical (unpaired) electrons. The van der Waals surface area contributed by atoms with Crippen LogP contribution >= 0.6 is 27.3 Å². The average molecular weight is 473 g/mol. The van der Waals surface area contributed by atoms with Crippen molar-refractivity contribution in [2.45, 2.75) is 70.2 Å². The second-order valence-electron chi connectivity index (χ2n) is 7.17. The van der Waals surface area contributed by atoms with Gasteiger partial charge in [-0.05, 0) is 73.5 Å². The highest BCUT2D eigenvalue weighted by molar-refractivity contribution is 9.10. The molecule has 1 aliphatic carbocycles. The highest BCUT2D eigenvalue weighted by Crippen LogP contribution is 2.31. The number of carbonyl (C=O) groups is 1. The lowest BCUT2D eigenvalue weighted by Crippen LogP contribution is -2.26. The molecule has 1 saturated carbocycles. The Bertz CT molecular complexity index is 665. The minimum atomic E-state index is -0.800. The minimum Gasteiger partial charge on any atom is -0.495 e. The normalized spacial score (nSPS) is 23.6. The third kappa shape index (κ3) is 7.70. The summed E-state index contributed by atoms with van der Waals surface area (Å²) < 4.78 is 6.82. The largest absolute Gasteiger partial charge is 0.495 e. The van der Waals surface area contributed by atoms with Gasteiger partial charge in [-0.2, -0.15) is 0 Å². The molecule has 0 spiro atoms. The van der Waals surface area contributed by atoms with Crippen molar-refractivity contribution >= 4 is 33.2 Å². The molecule has 1 aliphatic rings. The first kappa shape index (κ1) is 23.1. The van der Waals surface area contributed by atoms with E-state index in [9.17, 15) is 15.0 Å². The molecule has 0 aliphatic heterocycles. The lowest BCUT2D eigenvalue weighted by Gasteiger charge is -2.19. The second kappa shape index (κ2) is 11.8. The Morgan fingerprint density at radius 3 is 2.93 bits per heavy atom. The van der Waals surface area contributed by atoms with E-state index in [2.05, 4.69) is 28.9 Å². The molecule has 156 valence electrons. The van der Waals surface area contributed by atoms with Crippen molar-refractivity contribution in [1.29, 1.82) is 0 Å². The van der Waals surface area contributed by atoms with Crippen molar-refractivity contribution in [1.82, 2.24) is 0 Å². The first-order chi connectivity index (χ1) is 13.4. The predicted octanol–water partition coefficient (Wildman–Crippen LogP) is 4.59. The van der Waals surface area contributed by atoms with E-state index in [1.54, 1.807) is 23.7 Å². The SMILES string of the molecule is Cc1sc(CC[C@H](O)C=C[C@H]2CCC(O)[C@@H]2OC=CCCCC(=O)O)cc1Br. The standard InChI is InChI=1S/C21H29BrO5S/c1-14-18(22)13-17(28-14)10-9-16(23)8-6-15-7-11-19(24)21(15)27-12-4-2-3-5-20(25)26/h4,6,8,12-13,15-16,19,21,23-24H,2-3,5,7,9-11H2,1H3,(H,25,26)/t15-,16+,19?,21+/m0/s1. The number of rotatable bonds is 11. The number of carboxylic acids is 1. The molecule has 0 aromatic carbocycles. The summed E-state index contributed by atoms with van der Waals surface area (Å²) in [6.07, 6.45) is 10.1. The Morgan fingerprint density at radius 1 is 1.46 bits per heavy atom. The number of hydrogen-bond donors (Lipinski definition) is 3. The molecule has 1 heterocycles. The van der Waals surface area contributed by atoms with Crippen LogP contribution in [0.4, 0.5) is 0 Å². The number of hydrogen-bond acceptors (Lipinski definition) is 5. The molecular weight excluding hydrogens is 444 g/mol. The third-order valence-electron chi connectivity index (χ3n) is 4.87. The molecule has 5 nitrogen and oxygen atoms in total. The lowest BCUT2D eigenvalue weighted by molar-refractivity contribution is -0.137. The fraction of sp³-hybridized carbons (Fsp3) is 0.571. The fourth-order valence-corrected chi connectivity index (χ4v) is 4.88. The minimum absolute atomic E-state index is 0.0615. The molecule has 28 heavy (non-hydrogen) atoms. The van der Waals surface area contributed by atoms with Gasteiger partial charge < -0.3 is 20.1 Å². The van der Waals surface area contributed by atoms with Crippen LogP contribution in [0.2, 0.25) is 0 Å². The number of unbranched alkanes of at least 4 members (excludes halogenated alkanes) is 1. The zero-order valence-electron chi connectivity index (χ0n) is 16.1. The molecule has 7 heteroatoms. The van der Waals surface area contributed by atoms with Crippen molar-refractivity contribution < 1.29 is 24.9 Å². The molecule has 1 fully saturated rings. The number of allylic oxidation sites excluding steroid dienone is 1. The van der Waals surface area contributed by atoms with Crippen LogP contribution in [0.25, 0.3) is 0 Å². The van der Waals surface area contributed by atoms with Gasteiger partial charge in [0.25, 0.3) is 0 Å². The maximum Gasteiger partial charge on any atom is 0.303 e. The van der Waals surface area contributed by atoms with E-state index in [0.717, 1.165) is 17.3 Å². The molecule has 0 bridgehead atoms. The summed E-state index contributed by atoms with van der Waals surface area (Å²) >= 11 is 5.26. The summed E-state index contributed by atoms with van der Waals surface area (Å²) in [5, 5.41) is 29.0. The maximum atomic E-state index is 10.5. The lowest BCUT2D eigenvalue weighted by atomic mass is 10.0. The first-order valence-corrected chi connectivity index (χ1v) is 11.3. The molecular formula is C21H29BrO5S. The maximum absolute atomic E-state index is 10.5. The van der Waals surface area contributed by atoms with Crippen LogP contribution in [-0.2, 0) is 16.0 Å². The van der Waals surface area contributed by atoms with Crippen molar-refractivity contribution in [2.24, 2.45) is 5.92 Å². The van der Waals surface area contributed by atoms with Crippen molar-refractivity contribution in [2.75, 3.05) is 0 Å². The van der Waals surface area contributed by atoms with E-state index in [-0.39, 0.29) is 18.4 Å². The fourth-order valence-electron chi connectivity index (χ4n) is 3.26. The summed E-state index contributed by atoms with van der Waals surface area (Å²) in [7, 11) is 0. The van der Waals surface area contributed by atoms with E-state index in [1.807, 2.05) is 12.2 Å². The number of aliphatic carboxylic acids is 1. The summed E-state index contributed by atoms with van der Waals surface area (Å²) in [6, 6.07) is 2.11. The van der Waals surface area contributed by atoms with E-state index in [1.165, 1.54) is 9.75 Å². The van der Waals surface area contributed by atoms with E-state index in [4.69, 9.17) is 9.84 Å². The van der Waals surface area contributed by atoms with Crippen LogP contribution in [0, 0.1) is 12.8 Å². The number of aryl methyl sites for hydroxylation is 2. The van der Waals surface area contributed by atoms with Gasteiger partial charge in [0.2, 0.25) is 0 Å². The van der Waals surface area contributed by atoms with E-state index in [0.29, 0.717) is 25.7 Å². The Balaban J connectivity index is 1.76. The van der Waals surface area contributed by atoms with Gasteiger partial charge in [0, 0.05) is 26.6 Å². The zero-order chi connectivity index (χ0) is 20.5. The molecule has 1 aromatic rings. The van der Waals surface area contributed by atoms with Crippen LogP contribution in [0.5, 0.6) is 0 Å². The van der Waals surface area contributed by atoms with Gasteiger partial charge in [0.1, 0.15) is 6.10 Å². The molecule has 1 unspecified atom stereocenters. The van der Waals surface area contributed by atoms with Crippen LogP contribution in [-0.4, -0.2) is 39.6 Å². The number of thiophene rings is 1. The van der Waals surface area contributed by atoms with Gasteiger partial charge in [0.05, 0.1) is 18.5 Å². The molecule has 3 N–H and O–H groups in total. The Hall–Kier alpha value is -1.15. The van der Waals surface area contributed by atoms with Crippen molar-refractivity contribution in [3.05, 3.63) is 44.8 Å². The highest BCUT2D eigenvalue weighted by Gasteiger charge is 2.34. The van der Waals surface area contributed by atoms with Crippen LogP contribution < -0.4 is 0 Å². The van der Waals surface area contributed by atoms with Crippen LogP contribution in [0.1, 0.15) is 48.3 Å². The molecule has 1 aromatic heterocycles. The highest BCUT2D eigenvalue weighted by atomic mass is 79.9. The monoisotopic (exact) mass is 472 g/mol.